The summed E-state index contributed by atoms with van der Waals surface area (Å²) in [5.74, 6) is 0.661. The molecular formula is C16H23N3O2. The second kappa shape index (κ2) is 6.03. The fourth-order valence-corrected chi connectivity index (χ4v) is 3.04. The van der Waals surface area contributed by atoms with Gasteiger partial charge in [0.15, 0.2) is 6.61 Å². The Labute approximate surface area is 125 Å². The van der Waals surface area contributed by atoms with Crippen molar-refractivity contribution in [2.75, 3.05) is 32.1 Å². The summed E-state index contributed by atoms with van der Waals surface area (Å²) >= 11 is 0. The van der Waals surface area contributed by atoms with E-state index in [9.17, 15) is 4.79 Å². The molecule has 0 saturated carbocycles. The number of likely N-dealkylation sites (tertiary alicyclic amines) is 1. The lowest BCUT2D eigenvalue weighted by Crippen LogP contribution is -2.36. The zero-order valence-electron chi connectivity index (χ0n) is 12.7. The summed E-state index contributed by atoms with van der Waals surface area (Å²) in [5.41, 5.74) is 1.94. The molecule has 1 amide bonds. The minimum absolute atomic E-state index is 0.0900. The first kappa shape index (κ1) is 14.4. The topological polar surface area (TPSA) is 53.6 Å². The van der Waals surface area contributed by atoms with Crippen molar-refractivity contribution >= 4 is 11.6 Å². The van der Waals surface area contributed by atoms with Crippen LogP contribution in [0.25, 0.3) is 0 Å². The molecule has 2 N–H and O–H groups in total. The molecule has 5 heteroatoms. The molecule has 3 rings (SSSR count). The molecule has 2 aliphatic heterocycles. The fourth-order valence-electron chi connectivity index (χ4n) is 3.04. The maximum Gasteiger partial charge on any atom is 0.262 e. The van der Waals surface area contributed by atoms with Gasteiger partial charge < -0.3 is 20.3 Å². The van der Waals surface area contributed by atoms with Crippen LogP contribution in [-0.2, 0) is 4.79 Å². The Morgan fingerprint density at radius 2 is 2.38 bits per heavy atom. The van der Waals surface area contributed by atoms with E-state index in [4.69, 9.17) is 4.74 Å². The molecular weight excluding hydrogens is 266 g/mol. The maximum atomic E-state index is 11.4. The molecule has 2 heterocycles. The molecule has 2 aliphatic rings. The summed E-state index contributed by atoms with van der Waals surface area (Å²) in [6, 6.07) is 6.88. The van der Waals surface area contributed by atoms with Crippen molar-refractivity contribution in [3.8, 4) is 5.75 Å². The van der Waals surface area contributed by atoms with E-state index in [1.165, 1.54) is 24.9 Å². The minimum atomic E-state index is -0.0900. The Balaban J connectivity index is 1.63. The molecule has 2 atom stereocenters. The van der Waals surface area contributed by atoms with Crippen LogP contribution in [0.15, 0.2) is 18.2 Å². The van der Waals surface area contributed by atoms with E-state index in [1.54, 1.807) is 0 Å². The van der Waals surface area contributed by atoms with Crippen LogP contribution in [0.1, 0.15) is 31.4 Å². The van der Waals surface area contributed by atoms with Crippen LogP contribution >= 0.6 is 0 Å². The number of rotatable bonds is 4. The number of hydrogen-bond donors (Lipinski definition) is 2. The lowest BCUT2D eigenvalue weighted by molar-refractivity contribution is -0.118. The van der Waals surface area contributed by atoms with Crippen LogP contribution in [0.2, 0.25) is 0 Å². The van der Waals surface area contributed by atoms with E-state index in [0.29, 0.717) is 6.04 Å². The molecule has 0 bridgehead atoms. The second-order valence-electron chi connectivity index (χ2n) is 6.00. The van der Waals surface area contributed by atoms with E-state index in [2.05, 4.69) is 35.6 Å². The van der Waals surface area contributed by atoms with Gasteiger partial charge in [-0.25, -0.2) is 0 Å². The number of anilines is 1. The van der Waals surface area contributed by atoms with Gasteiger partial charge in [0.1, 0.15) is 5.75 Å². The van der Waals surface area contributed by atoms with Crippen molar-refractivity contribution in [3.63, 3.8) is 0 Å². The molecule has 2 unspecified atom stereocenters. The predicted molar refractivity (Wildman–Crippen MR) is 82.6 cm³/mol. The fraction of sp³-hybridized carbons (Fsp3) is 0.562. The van der Waals surface area contributed by atoms with Crippen molar-refractivity contribution in [1.29, 1.82) is 0 Å². The summed E-state index contributed by atoms with van der Waals surface area (Å²) in [6.07, 6.45) is 2.56. The molecule has 1 aromatic carbocycles. The quantitative estimate of drug-likeness (QED) is 0.887. The first-order chi connectivity index (χ1) is 10.1. The van der Waals surface area contributed by atoms with Crippen molar-refractivity contribution in [2.45, 2.75) is 31.8 Å². The SMILES string of the molecule is CC(NCC1CCCN1C)c1ccc2c(c1)NC(=O)CO2. The molecule has 0 spiro atoms. The molecule has 21 heavy (non-hydrogen) atoms. The Bertz CT molecular complexity index is 532. The van der Waals surface area contributed by atoms with Gasteiger partial charge in [0.25, 0.3) is 5.91 Å². The van der Waals surface area contributed by atoms with Gasteiger partial charge in [0, 0.05) is 18.6 Å². The molecule has 114 valence electrons. The number of nitrogens with zero attached hydrogens (tertiary/aromatic N) is 1. The molecule has 0 radical (unpaired) electrons. The van der Waals surface area contributed by atoms with E-state index in [0.717, 1.165) is 18.0 Å². The number of nitrogens with one attached hydrogen (secondary N) is 2. The van der Waals surface area contributed by atoms with Crippen molar-refractivity contribution in [2.24, 2.45) is 0 Å². The predicted octanol–water partition coefficient (Wildman–Crippen LogP) is 1.76. The third-order valence-corrected chi connectivity index (χ3v) is 4.47. The van der Waals surface area contributed by atoms with Gasteiger partial charge in [-0.3, -0.25) is 4.79 Å². The van der Waals surface area contributed by atoms with Crippen molar-refractivity contribution in [3.05, 3.63) is 23.8 Å². The normalized spacial score (nSPS) is 23.3. The highest BCUT2D eigenvalue weighted by Gasteiger charge is 2.22. The first-order valence-electron chi connectivity index (χ1n) is 7.63. The van der Waals surface area contributed by atoms with Crippen LogP contribution in [0.3, 0.4) is 0 Å². The van der Waals surface area contributed by atoms with Gasteiger partial charge in [0.05, 0.1) is 5.69 Å². The number of benzene rings is 1. The van der Waals surface area contributed by atoms with Crippen LogP contribution in [0.4, 0.5) is 5.69 Å². The first-order valence-corrected chi connectivity index (χ1v) is 7.63. The molecule has 0 aromatic heterocycles. The summed E-state index contributed by atoms with van der Waals surface area (Å²) < 4.78 is 5.39. The lowest BCUT2D eigenvalue weighted by atomic mass is 10.1. The Hall–Kier alpha value is -1.59. The minimum Gasteiger partial charge on any atom is -0.482 e. The van der Waals surface area contributed by atoms with Gasteiger partial charge in [-0.1, -0.05) is 6.07 Å². The molecule has 0 aliphatic carbocycles. The van der Waals surface area contributed by atoms with E-state index in [-0.39, 0.29) is 18.6 Å². The van der Waals surface area contributed by atoms with Gasteiger partial charge in [-0.15, -0.1) is 0 Å². The van der Waals surface area contributed by atoms with E-state index < -0.39 is 0 Å². The second-order valence-corrected chi connectivity index (χ2v) is 6.00. The van der Waals surface area contributed by atoms with Crippen LogP contribution in [0, 0.1) is 0 Å². The Morgan fingerprint density at radius 1 is 1.52 bits per heavy atom. The summed E-state index contributed by atoms with van der Waals surface area (Å²) in [4.78, 5) is 13.8. The van der Waals surface area contributed by atoms with Crippen LogP contribution in [-0.4, -0.2) is 43.6 Å². The summed E-state index contributed by atoms with van der Waals surface area (Å²) in [6.45, 7) is 4.46. The van der Waals surface area contributed by atoms with Crippen LogP contribution < -0.4 is 15.4 Å². The molecule has 5 nitrogen and oxygen atoms in total. The van der Waals surface area contributed by atoms with Gasteiger partial charge in [0.2, 0.25) is 0 Å². The summed E-state index contributed by atoms with van der Waals surface area (Å²) in [7, 11) is 2.19. The third-order valence-electron chi connectivity index (χ3n) is 4.47. The van der Waals surface area contributed by atoms with Crippen molar-refractivity contribution < 1.29 is 9.53 Å². The largest absolute Gasteiger partial charge is 0.482 e. The van der Waals surface area contributed by atoms with E-state index >= 15 is 0 Å². The number of fused-ring (bicyclic) bond motifs is 1. The van der Waals surface area contributed by atoms with Gasteiger partial charge in [-0.05, 0) is 51.1 Å². The smallest absolute Gasteiger partial charge is 0.262 e. The highest BCUT2D eigenvalue weighted by molar-refractivity contribution is 5.95. The number of carbonyl (C=O) groups excluding carboxylic acids is 1. The lowest BCUT2D eigenvalue weighted by Gasteiger charge is -2.24. The number of amides is 1. The summed E-state index contributed by atoms with van der Waals surface area (Å²) in [5, 5.41) is 6.45. The average Bonchev–Trinajstić information content (AvgIpc) is 2.89. The monoisotopic (exact) mass is 289 g/mol. The average molecular weight is 289 g/mol. The molecule has 1 aromatic rings. The number of carbonyl (C=O) groups is 1. The van der Waals surface area contributed by atoms with Gasteiger partial charge >= 0.3 is 0 Å². The third kappa shape index (κ3) is 3.19. The maximum absolute atomic E-state index is 11.4. The van der Waals surface area contributed by atoms with E-state index in [1.807, 2.05) is 12.1 Å². The highest BCUT2D eigenvalue weighted by Crippen LogP contribution is 2.30. The Morgan fingerprint density at radius 3 is 3.14 bits per heavy atom. The highest BCUT2D eigenvalue weighted by atomic mass is 16.5. The standard InChI is InChI=1S/C16H23N3O2/c1-11(17-9-13-4-3-7-19(13)2)12-5-6-15-14(8-12)18-16(20)10-21-15/h5-6,8,11,13,17H,3-4,7,9-10H2,1-2H3,(H,18,20). The number of ether oxygens (including phenoxy) is 1. The van der Waals surface area contributed by atoms with Crippen molar-refractivity contribution in [1.82, 2.24) is 10.2 Å². The van der Waals surface area contributed by atoms with Crippen LogP contribution in [0.5, 0.6) is 5.75 Å². The zero-order valence-corrected chi connectivity index (χ0v) is 12.7. The van der Waals surface area contributed by atoms with Gasteiger partial charge in [-0.2, -0.15) is 0 Å². The Kier molecular flexibility index (Phi) is 4.12. The number of hydrogen-bond acceptors (Lipinski definition) is 4. The molecule has 1 saturated heterocycles. The zero-order chi connectivity index (χ0) is 14.8. The molecule has 1 fully saturated rings. The number of likely N-dealkylation sites (N-methyl/N-ethyl adjacent to an activating group) is 1.